The second-order valence-electron chi connectivity index (χ2n) is 11.2. The number of methoxy groups -OCH3 is 1. The number of carbonyl (C=O) groups is 2. The summed E-state index contributed by atoms with van der Waals surface area (Å²) in [6.45, 7) is 0.251. The van der Waals surface area contributed by atoms with Crippen molar-refractivity contribution in [3.63, 3.8) is 0 Å². The summed E-state index contributed by atoms with van der Waals surface area (Å²) in [5.74, 6) is -0.181. The van der Waals surface area contributed by atoms with E-state index in [0.29, 0.717) is 37.3 Å². The quantitative estimate of drug-likeness (QED) is 0.128. The number of Topliss-reactive ketones (excluding diaryl/α,β-unsaturated/α-hetero) is 2. The Morgan fingerprint density at radius 1 is 1.05 bits per heavy atom. The van der Waals surface area contributed by atoms with Crippen molar-refractivity contribution >= 4 is 23.5 Å². The Kier molecular flexibility index (Phi) is 9.86. The van der Waals surface area contributed by atoms with E-state index in [1.165, 1.54) is 13.2 Å². The number of hydrogen-bond donors (Lipinski definition) is 4. The van der Waals surface area contributed by atoms with Crippen molar-refractivity contribution in [1.29, 1.82) is 0 Å². The largest absolute Gasteiger partial charge is 0.664 e. The number of nitrogens with zero attached hydrogens (tertiary/aromatic N) is 2. The number of ether oxygens (including phenoxy) is 1. The van der Waals surface area contributed by atoms with Crippen molar-refractivity contribution in [3.05, 3.63) is 106 Å². The van der Waals surface area contributed by atoms with E-state index in [4.69, 9.17) is 4.74 Å². The van der Waals surface area contributed by atoms with Crippen LogP contribution in [0.1, 0.15) is 54.0 Å². The van der Waals surface area contributed by atoms with E-state index >= 15 is 0 Å². The normalized spacial score (nSPS) is 16.5. The van der Waals surface area contributed by atoms with E-state index in [2.05, 4.69) is 15.3 Å². The number of ketones is 2. The number of fused-ring (bicyclic) bond motifs is 1. The first-order valence-electron chi connectivity index (χ1n) is 14.8. The highest BCUT2D eigenvalue weighted by Gasteiger charge is 2.36. The summed E-state index contributed by atoms with van der Waals surface area (Å²) in [4.78, 5) is 34.7. The smallest absolute Gasteiger partial charge is 0.160 e. The van der Waals surface area contributed by atoms with E-state index in [-0.39, 0.29) is 48.4 Å². The summed E-state index contributed by atoms with van der Waals surface area (Å²) in [5.41, 5.74) is 4.13. The van der Waals surface area contributed by atoms with E-state index in [9.17, 15) is 24.9 Å². The van der Waals surface area contributed by atoms with Crippen LogP contribution in [-0.4, -0.2) is 51.6 Å². The first-order valence-corrected chi connectivity index (χ1v) is 14.8. The number of aromatic hydroxyl groups is 2. The molecule has 2 aromatic carbocycles. The Hall–Kier alpha value is -4.76. The number of rotatable bonds is 15. The molecule has 0 spiro atoms. The van der Waals surface area contributed by atoms with Gasteiger partial charge in [-0.2, -0.15) is 6.20 Å². The number of hydrogen-bond acceptors (Lipinski definition) is 6. The van der Waals surface area contributed by atoms with E-state index < -0.39 is 12.0 Å². The number of phenols is 2. The molecule has 3 unspecified atom stereocenters. The van der Waals surface area contributed by atoms with Gasteiger partial charge < -0.3 is 35.3 Å². The number of phenolic OH excluding ortho intramolecular Hbond substituents is 2. The number of aromatic nitrogens is 2. The molecule has 3 atom stereocenters. The van der Waals surface area contributed by atoms with E-state index in [0.717, 1.165) is 28.0 Å². The van der Waals surface area contributed by atoms with Crippen molar-refractivity contribution < 1.29 is 29.6 Å². The number of H-pyrrole nitrogens is 1. The fourth-order valence-corrected chi connectivity index (χ4v) is 5.94. The van der Waals surface area contributed by atoms with Crippen LogP contribution in [0, 0.1) is 5.92 Å². The molecule has 0 amide bonds. The molecule has 1 aliphatic rings. The van der Waals surface area contributed by atoms with Crippen molar-refractivity contribution in [2.45, 2.75) is 50.5 Å². The molecule has 0 saturated heterocycles. The third-order valence-corrected chi connectivity index (χ3v) is 8.16. The predicted octanol–water partition coefficient (Wildman–Crippen LogP) is 5.74. The minimum absolute atomic E-state index is 0.0237. The van der Waals surface area contributed by atoms with Gasteiger partial charge in [0.15, 0.2) is 11.5 Å². The number of nitrogens with one attached hydrogen (secondary N) is 1. The Bertz CT molecular complexity index is 1610. The molecule has 4 N–H and O–H groups in total. The number of benzene rings is 2. The van der Waals surface area contributed by atoms with Gasteiger partial charge in [-0.1, -0.05) is 65.6 Å². The molecule has 0 fully saturated rings. The summed E-state index contributed by atoms with van der Waals surface area (Å²) in [7, 11) is 1.47. The van der Waals surface area contributed by atoms with Crippen LogP contribution in [-0.2, 0) is 22.4 Å². The molecule has 230 valence electrons. The van der Waals surface area contributed by atoms with Gasteiger partial charge in [-0.3, -0.25) is 9.59 Å². The van der Waals surface area contributed by atoms with Crippen molar-refractivity contribution in [1.82, 2.24) is 9.97 Å². The van der Waals surface area contributed by atoms with Gasteiger partial charge in [0, 0.05) is 12.3 Å². The molecular formula is C35H37N3O6-2. The summed E-state index contributed by atoms with van der Waals surface area (Å²) in [6, 6.07) is 17.5. The van der Waals surface area contributed by atoms with Gasteiger partial charge >= 0.3 is 0 Å². The average Bonchev–Trinajstić information content (AvgIpc) is 3.71. The van der Waals surface area contributed by atoms with E-state index in [1.807, 2.05) is 30.3 Å². The molecule has 9 nitrogen and oxygen atoms in total. The first kappa shape index (κ1) is 30.7. The van der Waals surface area contributed by atoms with Crippen LogP contribution in [0.25, 0.3) is 11.4 Å². The molecule has 9 heteroatoms. The fraction of sp³-hybridized carbons (Fsp3) is 0.314. The Morgan fingerprint density at radius 2 is 1.89 bits per heavy atom. The second kappa shape index (κ2) is 14.1. The zero-order valence-corrected chi connectivity index (χ0v) is 24.6. The van der Waals surface area contributed by atoms with Crippen LogP contribution in [0.4, 0.5) is 5.82 Å². The maximum absolute atomic E-state index is 14.0. The highest BCUT2D eigenvalue weighted by molar-refractivity contribution is 6.02. The lowest BCUT2D eigenvalue weighted by molar-refractivity contribution is -0.129. The molecule has 2 aromatic heterocycles. The lowest BCUT2D eigenvalue weighted by Crippen LogP contribution is -2.32. The molecule has 0 saturated carbocycles. The van der Waals surface area contributed by atoms with Gasteiger partial charge in [0.25, 0.3) is 0 Å². The molecular weight excluding hydrogens is 558 g/mol. The Balaban J connectivity index is 1.32. The fourth-order valence-electron chi connectivity index (χ4n) is 5.94. The highest BCUT2D eigenvalue weighted by atomic mass is 16.5. The van der Waals surface area contributed by atoms with Crippen LogP contribution in [0.5, 0.6) is 17.2 Å². The molecule has 1 aliphatic carbocycles. The number of aromatic amines is 1. The van der Waals surface area contributed by atoms with Gasteiger partial charge in [-0.25, -0.2) is 0 Å². The van der Waals surface area contributed by atoms with Gasteiger partial charge in [-0.05, 0) is 73.5 Å². The standard InChI is InChI=1S/C35H37N3O6/c1-44-33-17-23(9-12-31(33)42)8-11-27(41)20-32(43)35-24(21-38-34-6-3-14-37-34)18-30-28(13-15-36-30)29(35)19-26(40)10-7-22-4-2-5-25(39)16-22/h2-6,9,12-18,26,29,35,37,39-40,42H,7-8,10-11,19-21H2,1H3/q-2. The summed E-state index contributed by atoms with van der Waals surface area (Å²) < 4.78 is 5.17. The minimum atomic E-state index is -0.722. The Labute approximate surface area is 256 Å². The third kappa shape index (κ3) is 7.60. The number of aliphatic hydroxyl groups is 1. The molecule has 5 rings (SSSR count). The van der Waals surface area contributed by atoms with Crippen LogP contribution in [0.2, 0.25) is 0 Å². The van der Waals surface area contributed by atoms with Crippen LogP contribution < -0.4 is 9.72 Å². The van der Waals surface area contributed by atoms with Crippen LogP contribution in [0.15, 0.2) is 78.6 Å². The molecule has 4 aromatic rings. The highest BCUT2D eigenvalue weighted by Crippen LogP contribution is 2.43. The SMILES string of the molecule is COc1cc(CCC(=O)CC(=O)C2C(C[N-]c3ccc[nH]3)=Cc3[n-]ccc3C2CC(O)CCc2cccc(O)c2)ccc1O. The van der Waals surface area contributed by atoms with Crippen molar-refractivity contribution in [2.75, 3.05) is 13.7 Å². The first-order chi connectivity index (χ1) is 21.3. The number of aryl methyl sites for hydroxylation is 2. The predicted molar refractivity (Wildman–Crippen MR) is 167 cm³/mol. The number of aliphatic hydroxyl groups excluding tert-OH is 1. The lowest BCUT2D eigenvalue weighted by Gasteiger charge is -2.36. The van der Waals surface area contributed by atoms with Gasteiger partial charge in [0.05, 0.1) is 19.6 Å². The molecule has 0 radical (unpaired) electrons. The zero-order valence-electron chi connectivity index (χ0n) is 24.6. The molecule has 0 aliphatic heterocycles. The Morgan fingerprint density at radius 3 is 2.66 bits per heavy atom. The summed E-state index contributed by atoms with van der Waals surface area (Å²) >= 11 is 0. The zero-order chi connectivity index (χ0) is 31.1. The molecule has 0 bridgehead atoms. The van der Waals surface area contributed by atoms with Crippen LogP contribution in [0.3, 0.4) is 0 Å². The molecule has 2 heterocycles. The average molecular weight is 596 g/mol. The topological polar surface area (TPSA) is 148 Å². The molecule has 44 heavy (non-hydrogen) atoms. The minimum Gasteiger partial charge on any atom is -0.664 e. The van der Waals surface area contributed by atoms with Gasteiger partial charge in [0.1, 0.15) is 17.3 Å². The van der Waals surface area contributed by atoms with E-state index in [1.54, 1.807) is 42.7 Å². The van der Waals surface area contributed by atoms with Crippen LogP contribution >= 0.6 is 0 Å². The third-order valence-electron chi connectivity index (χ3n) is 8.16. The maximum atomic E-state index is 14.0. The number of carbonyl (C=O) groups excluding carboxylic acids is 2. The van der Waals surface area contributed by atoms with Crippen molar-refractivity contribution in [2.24, 2.45) is 5.92 Å². The summed E-state index contributed by atoms with van der Waals surface area (Å²) in [6.07, 6.45) is 6.33. The maximum Gasteiger partial charge on any atom is 0.160 e. The van der Waals surface area contributed by atoms with Gasteiger partial charge in [-0.15, -0.1) is 5.69 Å². The lowest BCUT2D eigenvalue weighted by atomic mass is 9.71. The van der Waals surface area contributed by atoms with Crippen molar-refractivity contribution in [3.8, 4) is 17.2 Å². The van der Waals surface area contributed by atoms with Gasteiger partial charge in [0.2, 0.25) is 0 Å². The summed E-state index contributed by atoms with van der Waals surface area (Å²) in [5, 5.41) is 35.5. The monoisotopic (exact) mass is 595 g/mol. The second-order valence-corrected chi connectivity index (χ2v) is 11.2.